The maximum absolute atomic E-state index is 13.7. The molecule has 1 heterocycles. The first-order valence-electron chi connectivity index (χ1n) is 9.94. The van der Waals surface area contributed by atoms with E-state index in [9.17, 15) is 14.9 Å². The van der Waals surface area contributed by atoms with Gasteiger partial charge in [0.2, 0.25) is 0 Å². The summed E-state index contributed by atoms with van der Waals surface area (Å²) in [6.07, 6.45) is 0. The molecule has 0 aliphatic heterocycles. The summed E-state index contributed by atoms with van der Waals surface area (Å²) in [5.41, 5.74) is 3.16. The van der Waals surface area contributed by atoms with Crippen LogP contribution in [0.3, 0.4) is 0 Å². The lowest BCUT2D eigenvalue weighted by molar-refractivity contribution is -0.385. The zero-order valence-corrected chi connectivity index (χ0v) is 18.7. The molecule has 0 N–H and O–H groups in total. The Hall–Kier alpha value is -3.78. The van der Waals surface area contributed by atoms with Crippen molar-refractivity contribution in [2.75, 3.05) is 12.0 Å². The van der Waals surface area contributed by atoms with Gasteiger partial charge in [0.25, 0.3) is 11.6 Å². The number of amides is 1. The minimum atomic E-state index is -0.473. The smallest absolute Gasteiger partial charge is 0.273 e. The minimum absolute atomic E-state index is 0.0858. The van der Waals surface area contributed by atoms with Crippen LogP contribution in [0.4, 0.5) is 10.8 Å². The molecule has 0 radical (unpaired) electrons. The van der Waals surface area contributed by atoms with E-state index >= 15 is 0 Å². The molecular formula is C24H21N3O4S. The molecule has 0 aliphatic carbocycles. The van der Waals surface area contributed by atoms with Gasteiger partial charge in [-0.25, -0.2) is 4.98 Å². The molecule has 8 heteroatoms. The number of nitrogens with zero attached hydrogens (tertiary/aromatic N) is 3. The van der Waals surface area contributed by atoms with Crippen LogP contribution < -0.4 is 9.64 Å². The molecule has 0 fully saturated rings. The van der Waals surface area contributed by atoms with Gasteiger partial charge in [-0.2, -0.15) is 0 Å². The van der Waals surface area contributed by atoms with Gasteiger partial charge >= 0.3 is 0 Å². The Labute approximate surface area is 189 Å². The van der Waals surface area contributed by atoms with E-state index in [0.717, 1.165) is 15.8 Å². The normalized spacial score (nSPS) is 10.8. The molecule has 0 spiro atoms. The van der Waals surface area contributed by atoms with Crippen molar-refractivity contribution >= 4 is 38.3 Å². The first-order chi connectivity index (χ1) is 15.4. The Bertz CT molecular complexity index is 1320. The van der Waals surface area contributed by atoms with Crippen LogP contribution in [0.25, 0.3) is 10.2 Å². The molecule has 162 valence electrons. The monoisotopic (exact) mass is 447 g/mol. The third-order valence-electron chi connectivity index (χ3n) is 5.30. The van der Waals surface area contributed by atoms with Gasteiger partial charge in [0.05, 0.1) is 23.3 Å². The van der Waals surface area contributed by atoms with E-state index in [1.807, 2.05) is 49.4 Å². The Kier molecular flexibility index (Phi) is 5.87. The van der Waals surface area contributed by atoms with Gasteiger partial charge in [-0.05, 0) is 37.1 Å². The van der Waals surface area contributed by atoms with Crippen LogP contribution in [0.15, 0.2) is 60.7 Å². The van der Waals surface area contributed by atoms with Crippen molar-refractivity contribution in [3.63, 3.8) is 0 Å². The van der Waals surface area contributed by atoms with Crippen molar-refractivity contribution in [3.8, 4) is 5.75 Å². The van der Waals surface area contributed by atoms with Gasteiger partial charge in [0.15, 0.2) is 5.13 Å². The van der Waals surface area contributed by atoms with E-state index in [1.54, 1.807) is 25.0 Å². The Morgan fingerprint density at radius 1 is 1.09 bits per heavy atom. The van der Waals surface area contributed by atoms with E-state index in [0.29, 0.717) is 22.0 Å². The number of hydrogen-bond donors (Lipinski definition) is 0. The zero-order chi connectivity index (χ0) is 22.8. The molecule has 3 aromatic carbocycles. The highest BCUT2D eigenvalue weighted by molar-refractivity contribution is 7.22. The first kappa shape index (κ1) is 21.5. The quantitative estimate of drug-likeness (QED) is 0.280. The molecule has 0 saturated carbocycles. The average molecular weight is 448 g/mol. The second-order valence-corrected chi connectivity index (χ2v) is 8.32. The van der Waals surface area contributed by atoms with Gasteiger partial charge in [-0.3, -0.25) is 19.8 Å². The number of aromatic nitrogens is 1. The number of methoxy groups -OCH3 is 1. The SMILES string of the molecule is COc1ccc(C)c2sc(N(Cc3ccccc3)C(=O)c3cccc([N+](=O)[O-])c3C)nc12. The van der Waals surface area contributed by atoms with Crippen LogP contribution in [0.2, 0.25) is 0 Å². The number of carbonyl (C=O) groups excluding carboxylic acids is 1. The second kappa shape index (κ2) is 8.76. The molecule has 0 saturated heterocycles. The highest BCUT2D eigenvalue weighted by Crippen LogP contribution is 2.37. The number of fused-ring (bicyclic) bond motifs is 1. The molecule has 1 amide bonds. The summed E-state index contributed by atoms with van der Waals surface area (Å²) in [4.78, 5) is 31.0. The third-order valence-corrected chi connectivity index (χ3v) is 6.52. The first-order valence-corrected chi connectivity index (χ1v) is 10.8. The Morgan fingerprint density at radius 2 is 1.84 bits per heavy atom. The van der Waals surface area contributed by atoms with Crippen molar-refractivity contribution in [3.05, 3.63) is 93.0 Å². The summed E-state index contributed by atoms with van der Waals surface area (Å²) >= 11 is 1.40. The highest BCUT2D eigenvalue weighted by Gasteiger charge is 2.26. The van der Waals surface area contributed by atoms with Crippen molar-refractivity contribution in [2.24, 2.45) is 0 Å². The summed E-state index contributed by atoms with van der Waals surface area (Å²) in [5, 5.41) is 11.9. The number of ether oxygens (including phenoxy) is 1. The van der Waals surface area contributed by atoms with Crippen molar-refractivity contribution < 1.29 is 14.5 Å². The fourth-order valence-electron chi connectivity index (χ4n) is 3.57. The lowest BCUT2D eigenvalue weighted by Crippen LogP contribution is -2.31. The second-order valence-electron chi connectivity index (χ2n) is 7.34. The summed E-state index contributed by atoms with van der Waals surface area (Å²) in [7, 11) is 1.59. The van der Waals surface area contributed by atoms with Gasteiger partial charge < -0.3 is 4.74 Å². The number of benzene rings is 3. The number of anilines is 1. The van der Waals surface area contributed by atoms with Gasteiger partial charge in [0, 0.05) is 17.2 Å². The van der Waals surface area contributed by atoms with E-state index in [2.05, 4.69) is 0 Å². The lowest BCUT2D eigenvalue weighted by atomic mass is 10.1. The summed E-state index contributed by atoms with van der Waals surface area (Å²) in [6.45, 7) is 3.86. The van der Waals surface area contributed by atoms with Crippen LogP contribution in [0, 0.1) is 24.0 Å². The van der Waals surface area contributed by atoms with Crippen molar-refractivity contribution in [1.82, 2.24) is 4.98 Å². The van der Waals surface area contributed by atoms with Crippen LogP contribution in [0.5, 0.6) is 5.75 Å². The molecule has 0 atom stereocenters. The van der Waals surface area contributed by atoms with Crippen LogP contribution in [0.1, 0.15) is 27.0 Å². The number of nitro groups is 1. The highest BCUT2D eigenvalue weighted by atomic mass is 32.1. The number of aryl methyl sites for hydroxylation is 1. The molecule has 0 bridgehead atoms. The van der Waals surface area contributed by atoms with Crippen LogP contribution in [-0.4, -0.2) is 22.9 Å². The number of nitro benzene ring substituents is 1. The maximum Gasteiger partial charge on any atom is 0.273 e. The summed E-state index contributed by atoms with van der Waals surface area (Å²) < 4.78 is 6.40. The van der Waals surface area contributed by atoms with E-state index in [4.69, 9.17) is 9.72 Å². The molecule has 32 heavy (non-hydrogen) atoms. The predicted octanol–water partition coefficient (Wildman–Crippen LogP) is 5.68. The molecule has 4 rings (SSSR count). The fraction of sp³-hybridized carbons (Fsp3) is 0.167. The average Bonchev–Trinajstić information content (AvgIpc) is 3.24. The zero-order valence-electron chi connectivity index (χ0n) is 17.9. The number of hydrogen-bond acceptors (Lipinski definition) is 6. The Morgan fingerprint density at radius 3 is 2.53 bits per heavy atom. The molecular weight excluding hydrogens is 426 g/mol. The van der Waals surface area contributed by atoms with Crippen LogP contribution >= 0.6 is 11.3 Å². The van der Waals surface area contributed by atoms with Gasteiger partial charge in [-0.15, -0.1) is 0 Å². The largest absolute Gasteiger partial charge is 0.494 e. The number of rotatable bonds is 6. The third kappa shape index (κ3) is 3.92. The summed E-state index contributed by atoms with van der Waals surface area (Å²) in [5.74, 6) is 0.289. The molecule has 7 nitrogen and oxygen atoms in total. The molecule has 0 unspecified atom stereocenters. The topological polar surface area (TPSA) is 85.6 Å². The number of carbonyl (C=O) groups is 1. The van der Waals surface area contributed by atoms with E-state index in [-0.39, 0.29) is 23.7 Å². The number of thiazole rings is 1. The van der Waals surface area contributed by atoms with Crippen molar-refractivity contribution in [2.45, 2.75) is 20.4 Å². The lowest BCUT2D eigenvalue weighted by Gasteiger charge is -2.21. The molecule has 1 aromatic heterocycles. The van der Waals surface area contributed by atoms with E-state index in [1.165, 1.54) is 23.5 Å². The van der Waals surface area contributed by atoms with Crippen LogP contribution in [-0.2, 0) is 6.54 Å². The molecule has 0 aliphatic rings. The molecule has 4 aromatic rings. The van der Waals surface area contributed by atoms with E-state index < -0.39 is 4.92 Å². The van der Waals surface area contributed by atoms with Gasteiger partial charge in [0.1, 0.15) is 11.3 Å². The van der Waals surface area contributed by atoms with Crippen molar-refractivity contribution in [1.29, 1.82) is 0 Å². The van der Waals surface area contributed by atoms with Gasteiger partial charge in [-0.1, -0.05) is 53.8 Å². The standard InChI is InChI=1S/C24H21N3O4S/c1-15-12-13-20(31-3)21-22(15)32-24(25-21)26(14-17-8-5-4-6-9-17)23(28)18-10-7-11-19(16(18)2)27(29)30/h4-13H,14H2,1-3H3. The minimum Gasteiger partial charge on any atom is -0.494 e. The predicted molar refractivity (Wildman–Crippen MR) is 126 cm³/mol. The maximum atomic E-state index is 13.7. The Balaban J connectivity index is 1.86. The summed E-state index contributed by atoms with van der Waals surface area (Å²) in [6, 6.07) is 17.9. The fourth-order valence-corrected chi connectivity index (χ4v) is 4.62.